The van der Waals surface area contributed by atoms with Crippen LogP contribution in [0.2, 0.25) is 19.6 Å². The van der Waals surface area contributed by atoms with Crippen molar-refractivity contribution in [2.24, 2.45) is 0 Å². The van der Waals surface area contributed by atoms with E-state index in [1.807, 2.05) is 17.8 Å². The average molecular weight is 271 g/mol. The summed E-state index contributed by atoms with van der Waals surface area (Å²) >= 11 is 1.95. The first-order chi connectivity index (χ1) is 7.92. The molecule has 0 amide bonds. The Morgan fingerprint density at radius 3 is 2.29 bits per heavy atom. The fourth-order valence-electron chi connectivity index (χ4n) is 1.89. The van der Waals surface area contributed by atoms with E-state index in [-0.39, 0.29) is 0 Å². The van der Waals surface area contributed by atoms with Gasteiger partial charge in [-0.15, -0.1) is 0 Å². The summed E-state index contributed by atoms with van der Waals surface area (Å²) in [4.78, 5) is 0. The van der Waals surface area contributed by atoms with Gasteiger partial charge in [0.2, 0.25) is 8.32 Å². The highest BCUT2D eigenvalue weighted by Gasteiger charge is 2.22. The van der Waals surface area contributed by atoms with Crippen molar-refractivity contribution in [3.63, 3.8) is 0 Å². The fraction of sp³-hybridized carbons (Fsp3) is 0.714. The monoisotopic (exact) mass is 270 g/mol. The van der Waals surface area contributed by atoms with Crippen molar-refractivity contribution < 1.29 is 4.43 Å². The molecule has 17 heavy (non-hydrogen) atoms. The molecule has 1 fully saturated rings. The van der Waals surface area contributed by atoms with Gasteiger partial charge >= 0.3 is 0 Å². The van der Waals surface area contributed by atoms with E-state index in [0.29, 0.717) is 0 Å². The first kappa shape index (κ1) is 14.9. The van der Waals surface area contributed by atoms with Crippen LogP contribution < -0.4 is 0 Å². The van der Waals surface area contributed by atoms with Crippen LogP contribution in [0.15, 0.2) is 23.3 Å². The van der Waals surface area contributed by atoms with Crippen LogP contribution in [-0.4, -0.2) is 13.6 Å². The molecule has 0 aromatic heterocycles. The van der Waals surface area contributed by atoms with Crippen molar-refractivity contribution in [2.45, 2.75) is 63.9 Å². The van der Waals surface area contributed by atoms with Crippen LogP contribution in [0.4, 0.5) is 0 Å². The standard InChI is InChI=1S/C14H26OSSi/c1-6-12(2)14(15-17(3,4)5)16-13-10-8-7-9-11-13/h6,13H,1,7-11H2,2-5H3/b14-12-. The highest BCUT2D eigenvalue weighted by Crippen LogP contribution is 2.36. The molecule has 3 heteroatoms. The van der Waals surface area contributed by atoms with Gasteiger partial charge < -0.3 is 4.43 Å². The largest absolute Gasteiger partial charge is 0.540 e. The van der Waals surface area contributed by atoms with E-state index in [1.54, 1.807) is 0 Å². The predicted molar refractivity (Wildman–Crippen MR) is 81.8 cm³/mol. The highest BCUT2D eigenvalue weighted by atomic mass is 32.2. The molecular formula is C14H26OSSi. The van der Waals surface area contributed by atoms with Crippen molar-refractivity contribution in [2.75, 3.05) is 0 Å². The third-order valence-electron chi connectivity index (χ3n) is 2.85. The molecule has 1 rings (SSSR count). The van der Waals surface area contributed by atoms with Gasteiger partial charge in [0.15, 0.2) is 0 Å². The maximum Gasteiger partial charge on any atom is 0.242 e. The lowest BCUT2D eigenvalue weighted by Gasteiger charge is -2.27. The number of rotatable bonds is 5. The van der Waals surface area contributed by atoms with Gasteiger partial charge in [0.05, 0.1) is 0 Å². The molecular weight excluding hydrogens is 244 g/mol. The molecule has 0 spiro atoms. The van der Waals surface area contributed by atoms with Gasteiger partial charge in [-0.25, -0.2) is 0 Å². The van der Waals surface area contributed by atoms with Gasteiger partial charge in [-0.05, 0) is 45.0 Å². The van der Waals surface area contributed by atoms with Crippen molar-refractivity contribution in [1.82, 2.24) is 0 Å². The van der Waals surface area contributed by atoms with Gasteiger partial charge in [0.25, 0.3) is 0 Å². The van der Waals surface area contributed by atoms with Gasteiger partial charge in [0.1, 0.15) is 5.09 Å². The molecule has 0 N–H and O–H groups in total. The molecule has 0 radical (unpaired) electrons. The lowest BCUT2D eigenvalue weighted by atomic mass is 10.0. The Morgan fingerprint density at radius 2 is 1.82 bits per heavy atom. The Hall–Kier alpha value is -0.153. The van der Waals surface area contributed by atoms with Crippen molar-refractivity contribution in [3.8, 4) is 0 Å². The summed E-state index contributed by atoms with van der Waals surface area (Å²) in [6.07, 6.45) is 8.77. The predicted octanol–water partition coefficient (Wildman–Crippen LogP) is 5.32. The van der Waals surface area contributed by atoms with E-state index in [4.69, 9.17) is 4.43 Å². The van der Waals surface area contributed by atoms with Gasteiger partial charge in [0, 0.05) is 5.25 Å². The van der Waals surface area contributed by atoms with Crippen molar-refractivity contribution >= 4 is 20.1 Å². The minimum absolute atomic E-state index is 0.755. The molecule has 0 bridgehead atoms. The first-order valence-corrected chi connectivity index (χ1v) is 10.9. The molecule has 0 saturated heterocycles. The molecule has 0 aromatic rings. The summed E-state index contributed by atoms with van der Waals surface area (Å²) < 4.78 is 6.20. The smallest absolute Gasteiger partial charge is 0.242 e. The average Bonchev–Trinajstić information content (AvgIpc) is 2.27. The van der Waals surface area contributed by atoms with E-state index in [1.165, 1.54) is 37.7 Å². The Bertz CT molecular complexity index is 285. The SMILES string of the molecule is C=C/C(C)=C(/O[Si](C)(C)C)SC1CCCCC1. The Balaban J connectivity index is 2.67. The summed E-state index contributed by atoms with van der Waals surface area (Å²) in [7, 11) is -1.51. The number of hydrogen-bond donors (Lipinski definition) is 0. The van der Waals surface area contributed by atoms with E-state index < -0.39 is 8.32 Å². The van der Waals surface area contributed by atoms with Crippen LogP contribution in [0, 0.1) is 0 Å². The van der Waals surface area contributed by atoms with Crippen LogP contribution in [0.1, 0.15) is 39.0 Å². The lowest BCUT2D eigenvalue weighted by molar-refractivity contribution is 0.454. The minimum Gasteiger partial charge on any atom is -0.540 e. The van der Waals surface area contributed by atoms with Gasteiger partial charge in [-0.2, -0.15) is 0 Å². The van der Waals surface area contributed by atoms with Gasteiger partial charge in [-0.3, -0.25) is 0 Å². The van der Waals surface area contributed by atoms with E-state index in [9.17, 15) is 0 Å². The maximum absolute atomic E-state index is 6.20. The summed E-state index contributed by atoms with van der Waals surface area (Å²) in [6.45, 7) is 12.7. The quantitative estimate of drug-likeness (QED) is 0.380. The molecule has 0 aliphatic heterocycles. The number of thioether (sulfide) groups is 1. The van der Waals surface area contributed by atoms with Crippen LogP contribution in [0.25, 0.3) is 0 Å². The maximum atomic E-state index is 6.20. The summed E-state index contributed by atoms with van der Waals surface area (Å²) in [5, 5.41) is 1.89. The first-order valence-electron chi connectivity index (χ1n) is 6.61. The number of allylic oxidation sites excluding steroid dienone is 2. The molecule has 1 saturated carbocycles. The second kappa shape index (κ2) is 6.69. The highest BCUT2D eigenvalue weighted by molar-refractivity contribution is 8.03. The zero-order valence-electron chi connectivity index (χ0n) is 11.7. The fourth-order valence-corrected chi connectivity index (χ4v) is 4.69. The third kappa shape index (κ3) is 5.82. The van der Waals surface area contributed by atoms with E-state index >= 15 is 0 Å². The summed E-state index contributed by atoms with van der Waals surface area (Å²) in [6, 6.07) is 0. The van der Waals surface area contributed by atoms with E-state index in [2.05, 4.69) is 33.1 Å². The Morgan fingerprint density at radius 1 is 1.24 bits per heavy atom. The molecule has 1 nitrogen and oxygen atoms in total. The van der Waals surface area contributed by atoms with Crippen LogP contribution >= 0.6 is 11.8 Å². The normalized spacial score (nSPS) is 19.8. The Kier molecular flexibility index (Phi) is 5.87. The van der Waals surface area contributed by atoms with Crippen molar-refractivity contribution in [3.05, 3.63) is 23.3 Å². The molecule has 0 unspecified atom stereocenters. The second-order valence-electron chi connectivity index (χ2n) is 5.77. The van der Waals surface area contributed by atoms with Crippen LogP contribution in [-0.2, 0) is 4.43 Å². The van der Waals surface area contributed by atoms with Crippen LogP contribution in [0.3, 0.4) is 0 Å². The molecule has 98 valence electrons. The zero-order chi connectivity index (χ0) is 12.9. The topological polar surface area (TPSA) is 9.23 Å². The minimum atomic E-state index is -1.51. The summed E-state index contributed by atoms with van der Waals surface area (Å²) in [5.41, 5.74) is 1.20. The summed E-state index contributed by atoms with van der Waals surface area (Å²) in [5.74, 6) is 0. The molecule has 1 aliphatic carbocycles. The molecule has 1 aliphatic rings. The molecule has 0 heterocycles. The second-order valence-corrected chi connectivity index (χ2v) is 11.5. The van der Waals surface area contributed by atoms with Crippen molar-refractivity contribution in [1.29, 1.82) is 0 Å². The zero-order valence-corrected chi connectivity index (χ0v) is 13.5. The lowest BCUT2D eigenvalue weighted by Crippen LogP contribution is -2.25. The third-order valence-corrected chi connectivity index (χ3v) is 5.24. The van der Waals surface area contributed by atoms with E-state index in [0.717, 1.165) is 10.3 Å². The van der Waals surface area contributed by atoms with Crippen LogP contribution in [0.5, 0.6) is 0 Å². The molecule has 0 atom stereocenters. The number of hydrogen-bond acceptors (Lipinski definition) is 2. The van der Waals surface area contributed by atoms with Gasteiger partial charge in [-0.1, -0.05) is 43.7 Å². The Labute approximate surface area is 112 Å². The molecule has 0 aromatic carbocycles.